The lowest BCUT2D eigenvalue weighted by Crippen LogP contribution is -2.21. The van der Waals surface area contributed by atoms with Crippen LogP contribution in [0.25, 0.3) is 0 Å². The van der Waals surface area contributed by atoms with Gasteiger partial charge in [-0.1, -0.05) is 6.92 Å². The van der Waals surface area contributed by atoms with E-state index in [1.807, 2.05) is 11.8 Å². The number of halogens is 1. The standard InChI is InChI=1S/C11H21ClOS/c1-9(6-12)7-14-8-10-4-5-11(2,3)13-10/h9-10H,4-8H2,1-3H3. The van der Waals surface area contributed by atoms with Crippen LogP contribution >= 0.6 is 23.4 Å². The zero-order valence-corrected chi connectivity index (χ0v) is 11.0. The lowest BCUT2D eigenvalue weighted by atomic mass is 10.1. The van der Waals surface area contributed by atoms with Crippen LogP contribution < -0.4 is 0 Å². The van der Waals surface area contributed by atoms with Gasteiger partial charge >= 0.3 is 0 Å². The van der Waals surface area contributed by atoms with Gasteiger partial charge in [-0.2, -0.15) is 11.8 Å². The second-order valence-electron chi connectivity index (χ2n) is 4.84. The van der Waals surface area contributed by atoms with E-state index >= 15 is 0 Å². The fourth-order valence-electron chi connectivity index (χ4n) is 1.64. The quantitative estimate of drug-likeness (QED) is 0.676. The first-order valence-electron chi connectivity index (χ1n) is 5.35. The van der Waals surface area contributed by atoms with Crippen molar-refractivity contribution in [1.29, 1.82) is 0 Å². The molecule has 0 amide bonds. The molecule has 1 rings (SSSR count). The Bertz CT molecular complexity index is 173. The molecule has 1 saturated heterocycles. The molecule has 2 atom stereocenters. The Morgan fingerprint density at radius 1 is 1.57 bits per heavy atom. The van der Waals surface area contributed by atoms with Gasteiger partial charge in [-0.3, -0.25) is 0 Å². The number of hydrogen-bond donors (Lipinski definition) is 0. The van der Waals surface area contributed by atoms with Crippen molar-refractivity contribution in [3.8, 4) is 0 Å². The second-order valence-corrected chi connectivity index (χ2v) is 6.22. The van der Waals surface area contributed by atoms with Crippen LogP contribution in [0.15, 0.2) is 0 Å². The van der Waals surface area contributed by atoms with Gasteiger partial charge in [-0.05, 0) is 38.4 Å². The highest BCUT2D eigenvalue weighted by Gasteiger charge is 2.31. The average Bonchev–Trinajstić information content (AvgIpc) is 2.45. The minimum atomic E-state index is 0.114. The molecule has 0 radical (unpaired) electrons. The lowest BCUT2D eigenvalue weighted by molar-refractivity contribution is -0.00466. The van der Waals surface area contributed by atoms with Gasteiger partial charge < -0.3 is 4.74 Å². The highest BCUT2D eigenvalue weighted by Crippen LogP contribution is 2.31. The summed E-state index contributed by atoms with van der Waals surface area (Å²) in [5, 5.41) is 0. The van der Waals surface area contributed by atoms with E-state index in [4.69, 9.17) is 16.3 Å². The SMILES string of the molecule is CC(CCl)CSCC1CCC(C)(C)O1. The Kier molecular flexibility index (Phi) is 5.09. The Morgan fingerprint density at radius 2 is 2.29 bits per heavy atom. The molecule has 14 heavy (non-hydrogen) atoms. The molecule has 3 heteroatoms. The molecule has 0 aromatic carbocycles. The Morgan fingerprint density at radius 3 is 2.79 bits per heavy atom. The van der Waals surface area contributed by atoms with Crippen LogP contribution in [0.5, 0.6) is 0 Å². The summed E-state index contributed by atoms with van der Waals surface area (Å²) in [6.45, 7) is 6.55. The lowest BCUT2D eigenvalue weighted by Gasteiger charge is -2.19. The van der Waals surface area contributed by atoms with E-state index < -0.39 is 0 Å². The van der Waals surface area contributed by atoms with Gasteiger partial charge in [0.05, 0.1) is 11.7 Å². The van der Waals surface area contributed by atoms with Crippen molar-refractivity contribution in [2.75, 3.05) is 17.4 Å². The summed E-state index contributed by atoms with van der Waals surface area (Å²) in [5.74, 6) is 3.68. The predicted molar refractivity (Wildman–Crippen MR) is 65.4 cm³/mol. The van der Waals surface area contributed by atoms with Gasteiger partial charge in [-0.15, -0.1) is 11.6 Å². The van der Waals surface area contributed by atoms with E-state index in [-0.39, 0.29) is 5.60 Å². The molecule has 0 aromatic rings. The number of ether oxygens (including phenoxy) is 1. The van der Waals surface area contributed by atoms with Crippen molar-refractivity contribution in [1.82, 2.24) is 0 Å². The van der Waals surface area contributed by atoms with Crippen LogP contribution in [-0.4, -0.2) is 29.1 Å². The highest BCUT2D eigenvalue weighted by molar-refractivity contribution is 7.99. The summed E-state index contributed by atoms with van der Waals surface area (Å²) < 4.78 is 5.91. The van der Waals surface area contributed by atoms with Crippen molar-refractivity contribution in [3.05, 3.63) is 0 Å². The van der Waals surface area contributed by atoms with E-state index in [1.54, 1.807) is 0 Å². The summed E-state index contributed by atoms with van der Waals surface area (Å²) in [4.78, 5) is 0. The maximum Gasteiger partial charge on any atom is 0.0673 e. The van der Waals surface area contributed by atoms with Crippen LogP contribution in [-0.2, 0) is 4.74 Å². The smallest absolute Gasteiger partial charge is 0.0673 e. The number of rotatable bonds is 5. The molecule has 2 unspecified atom stereocenters. The van der Waals surface area contributed by atoms with Gasteiger partial charge in [0.2, 0.25) is 0 Å². The Hall–Kier alpha value is 0.600. The van der Waals surface area contributed by atoms with E-state index in [0.717, 1.165) is 17.4 Å². The molecule has 1 heterocycles. The highest BCUT2D eigenvalue weighted by atomic mass is 35.5. The third-order valence-electron chi connectivity index (χ3n) is 2.52. The summed E-state index contributed by atoms with van der Waals surface area (Å²) >= 11 is 7.72. The normalized spacial score (nSPS) is 27.9. The molecule has 0 aliphatic carbocycles. The molecule has 84 valence electrons. The molecule has 0 spiro atoms. The van der Waals surface area contributed by atoms with Crippen molar-refractivity contribution in [2.24, 2.45) is 5.92 Å². The van der Waals surface area contributed by atoms with Crippen LogP contribution in [0.4, 0.5) is 0 Å². The molecule has 0 aromatic heterocycles. The second kappa shape index (κ2) is 5.62. The topological polar surface area (TPSA) is 9.23 Å². The third-order valence-corrected chi connectivity index (χ3v) is 4.46. The number of thioether (sulfide) groups is 1. The molecule has 0 bridgehead atoms. The van der Waals surface area contributed by atoms with Gasteiger partial charge in [0, 0.05) is 11.6 Å². The first-order valence-corrected chi connectivity index (χ1v) is 7.04. The van der Waals surface area contributed by atoms with Gasteiger partial charge in [-0.25, -0.2) is 0 Å². The summed E-state index contributed by atoms with van der Waals surface area (Å²) in [5.41, 5.74) is 0.114. The first-order chi connectivity index (χ1) is 6.53. The van der Waals surface area contributed by atoms with E-state index in [2.05, 4.69) is 20.8 Å². The van der Waals surface area contributed by atoms with E-state index in [0.29, 0.717) is 12.0 Å². The molecule has 1 nitrogen and oxygen atoms in total. The van der Waals surface area contributed by atoms with Crippen molar-refractivity contribution in [3.63, 3.8) is 0 Å². The van der Waals surface area contributed by atoms with Gasteiger partial charge in [0.25, 0.3) is 0 Å². The van der Waals surface area contributed by atoms with E-state index in [9.17, 15) is 0 Å². The maximum absolute atomic E-state index is 5.91. The molecule has 1 aliphatic rings. The van der Waals surface area contributed by atoms with Crippen molar-refractivity contribution < 1.29 is 4.74 Å². The van der Waals surface area contributed by atoms with Crippen molar-refractivity contribution in [2.45, 2.75) is 45.3 Å². The minimum absolute atomic E-state index is 0.114. The predicted octanol–water partition coefficient (Wildman–Crippen LogP) is 3.55. The third kappa shape index (κ3) is 4.41. The van der Waals surface area contributed by atoms with Crippen LogP contribution in [0, 0.1) is 5.92 Å². The van der Waals surface area contributed by atoms with Gasteiger partial charge in [0.1, 0.15) is 0 Å². The molecular formula is C11H21ClOS. The molecule has 0 N–H and O–H groups in total. The fraction of sp³-hybridized carbons (Fsp3) is 1.00. The molecule has 0 saturated carbocycles. The van der Waals surface area contributed by atoms with Crippen LogP contribution in [0.3, 0.4) is 0 Å². The van der Waals surface area contributed by atoms with E-state index in [1.165, 1.54) is 12.8 Å². The Labute approximate surface area is 96.9 Å². The van der Waals surface area contributed by atoms with Gasteiger partial charge in [0.15, 0.2) is 0 Å². The maximum atomic E-state index is 5.91. The monoisotopic (exact) mass is 236 g/mol. The first kappa shape index (κ1) is 12.7. The number of alkyl halides is 1. The summed E-state index contributed by atoms with van der Waals surface area (Å²) in [6.07, 6.45) is 2.89. The zero-order chi connectivity index (χ0) is 10.6. The zero-order valence-electron chi connectivity index (χ0n) is 9.38. The molecule has 1 aliphatic heterocycles. The average molecular weight is 237 g/mol. The molecule has 1 fully saturated rings. The minimum Gasteiger partial charge on any atom is -0.371 e. The fourth-order valence-corrected chi connectivity index (χ4v) is 3.03. The summed E-state index contributed by atoms with van der Waals surface area (Å²) in [7, 11) is 0. The number of hydrogen-bond acceptors (Lipinski definition) is 2. The van der Waals surface area contributed by atoms with Crippen LogP contribution in [0.2, 0.25) is 0 Å². The molecular weight excluding hydrogens is 216 g/mol. The Balaban J connectivity index is 2.09. The van der Waals surface area contributed by atoms with Crippen molar-refractivity contribution >= 4 is 23.4 Å². The largest absolute Gasteiger partial charge is 0.371 e. The summed E-state index contributed by atoms with van der Waals surface area (Å²) in [6, 6.07) is 0. The van der Waals surface area contributed by atoms with Crippen LogP contribution in [0.1, 0.15) is 33.6 Å².